The molecule has 0 spiro atoms. The molecule has 0 aliphatic heterocycles. The van der Waals surface area contributed by atoms with Crippen LogP contribution in [0.2, 0.25) is 0 Å². The van der Waals surface area contributed by atoms with Crippen LogP contribution in [0, 0.1) is 0 Å². The first-order valence-corrected chi connectivity index (χ1v) is 5.76. The Bertz CT molecular complexity index is 407. The molecule has 0 fully saturated rings. The molecule has 0 aliphatic rings. The van der Waals surface area contributed by atoms with Crippen molar-refractivity contribution in [3.8, 4) is 0 Å². The van der Waals surface area contributed by atoms with Crippen LogP contribution < -0.4 is 11.3 Å². The highest BCUT2D eigenvalue weighted by Gasteiger charge is 2.16. The third kappa shape index (κ3) is 1.94. The molecular formula is C10H14N4S. The summed E-state index contributed by atoms with van der Waals surface area (Å²) in [5.41, 5.74) is 3.93. The molecule has 0 saturated carbocycles. The SMILES string of the molecule is CCn1nccc1C(NN)c1cccs1. The van der Waals surface area contributed by atoms with Crippen LogP contribution in [-0.2, 0) is 6.54 Å². The van der Waals surface area contributed by atoms with Gasteiger partial charge in [-0.3, -0.25) is 10.5 Å². The molecule has 3 N–H and O–H groups in total. The molecule has 4 nitrogen and oxygen atoms in total. The predicted octanol–water partition coefficient (Wildman–Crippen LogP) is 1.52. The molecule has 0 amide bonds. The average Bonchev–Trinajstić information content (AvgIpc) is 2.89. The van der Waals surface area contributed by atoms with Crippen molar-refractivity contribution in [3.05, 3.63) is 40.3 Å². The molecule has 80 valence electrons. The van der Waals surface area contributed by atoms with Crippen molar-refractivity contribution in [2.24, 2.45) is 5.84 Å². The van der Waals surface area contributed by atoms with E-state index >= 15 is 0 Å². The lowest BCUT2D eigenvalue weighted by atomic mass is 10.2. The van der Waals surface area contributed by atoms with E-state index < -0.39 is 0 Å². The first kappa shape index (κ1) is 10.4. The van der Waals surface area contributed by atoms with Crippen LogP contribution in [0.1, 0.15) is 23.5 Å². The van der Waals surface area contributed by atoms with Gasteiger partial charge in [0.2, 0.25) is 0 Å². The van der Waals surface area contributed by atoms with Crippen LogP contribution in [0.3, 0.4) is 0 Å². The fraction of sp³-hybridized carbons (Fsp3) is 0.300. The van der Waals surface area contributed by atoms with Gasteiger partial charge in [-0.2, -0.15) is 5.10 Å². The largest absolute Gasteiger partial charge is 0.270 e. The Hall–Kier alpha value is -1.17. The summed E-state index contributed by atoms with van der Waals surface area (Å²) in [6, 6.07) is 6.12. The summed E-state index contributed by atoms with van der Waals surface area (Å²) >= 11 is 1.69. The maximum atomic E-state index is 5.59. The second-order valence-corrected chi connectivity index (χ2v) is 4.17. The summed E-state index contributed by atoms with van der Waals surface area (Å²) < 4.78 is 1.95. The summed E-state index contributed by atoms with van der Waals surface area (Å²) in [6.45, 7) is 2.92. The maximum Gasteiger partial charge on any atom is 0.0969 e. The van der Waals surface area contributed by atoms with E-state index in [-0.39, 0.29) is 6.04 Å². The third-order valence-electron chi connectivity index (χ3n) is 2.34. The van der Waals surface area contributed by atoms with Crippen LogP contribution in [-0.4, -0.2) is 9.78 Å². The van der Waals surface area contributed by atoms with Crippen LogP contribution >= 0.6 is 11.3 Å². The molecule has 2 aromatic heterocycles. The maximum absolute atomic E-state index is 5.59. The van der Waals surface area contributed by atoms with Crippen molar-refractivity contribution in [3.63, 3.8) is 0 Å². The van der Waals surface area contributed by atoms with Gasteiger partial charge >= 0.3 is 0 Å². The number of aromatic nitrogens is 2. The van der Waals surface area contributed by atoms with Gasteiger partial charge in [0, 0.05) is 17.6 Å². The number of hydrogen-bond donors (Lipinski definition) is 2. The molecule has 5 heteroatoms. The zero-order valence-corrected chi connectivity index (χ0v) is 9.37. The highest BCUT2D eigenvalue weighted by molar-refractivity contribution is 7.10. The van der Waals surface area contributed by atoms with E-state index in [1.54, 1.807) is 17.5 Å². The van der Waals surface area contributed by atoms with E-state index in [2.05, 4.69) is 23.5 Å². The number of rotatable bonds is 4. The number of nitrogens with one attached hydrogen (secondary N) is 1. The summed E-state index contributed by atoms with van der Waals surface area (Å²) in [4.78, 5) is 1.20. The minimum Gasteiger partial charge on any atom is -0.270 e. The van der Waals surface area contributed by atoms with Gasteiger partial charge in [0.05, 0.1) is 11.7 Å². The van der Waals surface area contributed by atoms with Crippen molar-refractivity contribution >= 4 is 11.3 Å². The minimum absolute atomic E-state index is 0.0347. The minimum atomic E-state index is 0.0347. The van der Waals surface area contributed by atoms with Crippen LogP contribution in [0.5, 0.6) is 0 Å². The lowest BCUT2D eigenvalue weighted by Crippen LogP contribution is -2.30. The Balaban J connectivity index is 2.35. The number of nitrogens with two attached hydrogens (primary N) is 1. The Kier molecular flexibility index (Phi) is 3.15. The first-order chi connectivity index (χ1) is 7.36. The van der Waals surface area contributed by atoms with E-state index in [1.807, 2.05) is 22.2 Å². The summed E-state index contributed by atoms with van der Waals surface area (Å²) in [7, 11) is 0. The smallest absolute Gasteiger partial charge is 0.0969 e. The molecule has 1 unspecified atom stereocenters. The first-order valence-electron chi connectivity index (χ1n) is 4.88. The summed E-state index contributed by atoms with van der Waals surface area (Å²) in [6.07, 6.45) is 1.80. The van der Waals surface area contributed by atoms with Gasteiger partial charge in [0.1, 0.15) is 0 Å². The molecule has 2 aromatic rings. The summed E-state index contributed by atoms with van der Waals surface area (Å²) in [5, 5.41) is 6.29. The molecule has 2 heterocycles. The topological polar surface area (TPSA) is 55.9 Å². The van der Waals surface area contributed by atoms with E-state index in [9.17, 15) is 0 Å². The highest BCUT2D eigenvalue weighted by atomic mass is 32.1. The third-order valence-corrected chi connectivity index (χ3v) is 3.28. The molecule has 1 atom stereocenters. The van der Waals surface area contributed by atoms with E-state index in [4.69, 9.17) is 5.84 Å². The van der Waals surface area contributed by atoms with Gasteiger partial charge < -0.3 is 0 Å². The van der Waals surface area contributed by atoms with Gasteiger partial charge in [-0.1, -0.05) is 6.07 Å². The molecule has 15 heavy (non-hydrogen) atoms. The van der Waals surface area contributed by atoms with Gasteiger partial charge in [-0.05, 0) is 24.4 Å². The zero-order chi connectivity index (χ0) is 10.7. The van der Waals surface area contributed by atoms with Crippen LogP contribution in [0.4, 0.5) is 0 Å². The van der Waals surface area contributed by atoms with E-state index in [0.717, 1.165) is 12.2 Å². The van der Waals surface area contributed by atoms with Crippen molar-refractivity contribution in [2.45, 2.75) is 19.5 Å². The predicted molar refractivity (Wildman–Crippen MR) is 61.4 cm³/mol. The molecule has 0 aromatic carbocycles. The number of hydrazine groups is 1. The number of aryl methyl sites for hydroxylation is 1. The fourth-order valence-electron chi connectivity index (χ4n) is 1.62. The van der Waals surface area contributed by atoms with Gasteiger partial charge in [-0.25, -0.2) is 5.43 Å². The van der Waals surface area contributed by atoms with Crippen molar-refractivity contribution in [1.82, 2.24) is 15.2 Å². The molecule has 2 rings (SSSR count). The van der Waals surface area contributed by atoms with Gasteiger partial charge in [0.25, 0.3) is 0 Å². The standard InChI is InChI=1S/C10H14N4S/c1-2-14-8(5-6-12-14)10(13-11)9-4-3-7-15-9/h3-7,10,13H,2,11H2,1H3. The zero-order valence-electron chi connectivity index (χ0n) is 8.55. The number of nitrogens with zero attached hydrogens (tertiary/aromatic N) is 2. The normalized spacial score (nSPS) is 12.9. The summed E-state index contributed by atoms with van der Waals surface area (Å²) in [5.74, 6) is 5.59. The monoisotopic (exact) mass is 222 g/mol. The second-order valence-electron chi connectivity index (χ2n) is 3.19. The fourth-order valence-corrected chi connectivity index (χ4v) is 2.42. The molecule has 0 radical (unpaired) electrons. The van der Waals surface area contributed by atoms with Crippen LogP contribution in [0.25, 0.3) is 0 Å². The Labute approximate surface area is 92.7 Å². The highest BCUT2D eigenvalue weighted by Crippen LogP contribution is 2.24. The van der Waals surface area contributed by atoms with Crippen molar-refractivity contribution < 1.29 is 0 Å². The Morgan fingerprint density at radius 1 is 1.60 bits per heavy atom. The lowest BCUT2D eigenvalue weighted by molar-refractivity contribution is 0.548. The molecule has 0 aliphatic carbocycles. The van der Waals surface area contributed by atoms with E-state index in [0.29, 0.717) is 0 Å². The number of hydrogen-bond acceptors (Lipinski definition) is 4. The molecular weight excluding hydrogens is 208 g/mol. The Morgan fingerprint density at radius 2 is 2.47 bits per heavy atom. The lowest BCUT2D eigenvalue weighted by Gasteiger charge is -2.15. The van der Waals surface area contributed by atoms with Crippen LogP contribution in [0.15, 0.2) is 29.8 Å². The second kappa shape index (κ2) is 4.57. The molecule has 0 saturated heterocycles. The number of thiophene rings is 1. The van der Waals surface area contributed by atoms with Gasteiger partial charge in [-0.15, -0.1) is 11.3 Å². The molecule has 0 bridgehead atoms. The van der Waals surface area contributed by atoms with Gasteiger partial charge in [0.15, 0.2) is 0 Å². The van der Waals surface area contributed by atoms with E-state index in [1.165, 1.54) is 4.88 Å². The quantitative estimate of drug-likeness (QED) is 0.609. The Morgan fingerprint density at radius 3 is 3.07 bits per heavy atom. The van der Waals surface area contributed by atoms with Crippen molar-refractivity contribution in [2.75, 3.05) is 0 Å². The van der Waals surface area contributed by atoms with Crippen molar-refractivity contribution in [1.29, 1.82) is 0 Å². The average molecular weight is 222 g/mol.